The van der Waals surface area contributed by atoms with E-state index in [1.54, 1.807) is 7.05 Å². The first-order chi connectivity index (χ1) is 9.36. The summed E-state index contributed by atoms with van der Waals surface area (Å²) < 4.78 is 38.1. The predicted octanol–water partition coefficient (Wildman–Crippen LogP) is 2.10. The summed E-state index contributed by atoms with van der Waals surface area (Å²) in [4.78, 5) is 11.6. The van der Waals surface area contributed by atoms with Crippen molar-refractivity contribution in [3.05, 3.63) is 29.3 Å². The molecule has 0 unspecified atom stereocenters. The zero-order valence-corrected chi connectivity index (χ0v) is 11.2. The van der Waals surface area contributed by atoms with Gasteiger partial charge >= 0.3 is 6.18 Å². The van der Waals surface area contributed by atoms with Crippen LogP contribution in [-0.4, -0.2) is 19.5 Å². The molecule has 0 atom stereocenters. The molecule has 1 aromatic rings. The number of carbonyl (C=O) groups excluding carboxylic acids is 1. The summed E-state index contributed by atoms with van der Waals surface area (Å²) >= 11 is 0. The Bertz CT molecular complexity index is 461. The Hall–Kier alpha value is -1.60. The highest BCUT2D eigenvalue weighted by atomic mass is 19.4. The molecule has 0 fully saturated rings. The van der Waals surface area contributed by atoms with Gasteiger partial charge in [-0.1, -0.05) is 0 Å². The first-order valence-electron chi connectivity index (χ1n) is 6.22. The Balaban J connectivity index is 2.81. The van der Waals surface area contributed by atoms with Crippen molar-refractivity contribution in [2.45, 2.75) is 25.6 Å². The van der Waals surface area contributed by atoms with E-state index in [0.717, 1.165) is 12.1 Å². The van der Waals surface area contributed by atoms with E-state index in [1.165, 1.54) is 6.07 Å². The molecule has 4 N–H and O–H groups in total. The number of nitrogens with two attached hydrogens (primary N) is 1. The summed E-state index contributed by atoms with van der Waals surface area (Å²) in [5, 5.41) is 5.35. The molecular weight excluding hydrogens is 271 g/mol. The molecule has 4 nitrogen and oxygen atoms in total. The lowest BCUT2D eigenvalue weighted by Crippen LogP contribution is -2.16. The van der Waals surface area contributed by atoms with Gasteiger partial charge in [-0.2, -0.15) is 13.2 Å². The summed E-state index contributed by atoms with van der Waals surface area (Å²) in [6, 6.07) is 3.34. The van der Waals surface area contributed by atoms with Gasteiger partial charge in [-0.25, -0.2) is 0 Å². The van der Waals surface area contributed by atoms with Crippen molar-refractivity contribution >= 4 is 11.6 Å². The lowest BCUT2D eigenvalue weighted by Gasteiger charge is -2.12. The predicted molar refractivity (Wildman–Crippen MR) is 71.1 cm³/mol. The second-order valence-electron chi connectivity index (χ2n) is 4.38. The van der Waals surface area contributed by atoms with E-state index in [0.29, 0.717) is 18.5 Å². The summed E-state index contributed by atoms with van der Waals surface area (Å²) in [5.41, 5.74) is 5.00. The van der Waals surface area contributed by atoms with Crippen LogP contribution in [0.4, 0.5) is 18.9 Å². The van der Waals surface area contributed by atoms with Crippen molar-refractivity contribution in [3.63, 3.8) is 0 Å². The highest BCUT2D eigenvalue weighted by Crippen LogP contribution is 2.32. The van der Waals surface area contributed by atoms with Gasteiger partial charge in [0.2, 0.25) is 5.91 Å². The number of benzene rings is 1. The smallest absolute Gasteiger partial charge is 0.326 e. The minimum absolute atomic E-state index is 0.0213. The number of anilines is 1. The van der Waals surface area contributed by atoms with Gasteiger partial charge in [0.05, 0.1) is 5.56 Å². The lowest BCUT2D eigenvalue weighted by atomic mass is 10.1. The van der Waals surface area contributed by atoms with Gasteiger partial charge in [0.25, 0.3) is 0 Å². The fraction of sp³-hybridized carbons (Fsp3) is 0.462. The Morgan fingerprint density at radius 2 is 2.00 bits per heavy atom. The number of nitrogens with one attached hydrogen (secondary N) is 2. The number of carbonyl (C=O) groups is 1. The minimum Gasteiger partial charge on any atom is -0.326 e. The third-order valence-electron chi connectivity index (χ3n) is 2.67. The number of hydrogen-bond acceptors (Lipinski definition) is 3. The van der Waals surface area contributed by atoms with E-state index >= 15 is 0 Å². The van der Waals surface area contributed by atoms with Crippen molar-refractivity contribution in [3.8, 4) is 0 Å². The zero-order valence-electron chi connectivity index (χ0n) is 11.2. The van der Waals surface area contributed by atoms with E-state index in [-0.39, 0.29) is 24.6 Å². The van der Waals surface area contributed by atoms with Crippen LogP contribution in [0.2, 0.25) is 0 Å². The van der Waals surface area contributed by atoms with Gasteiger partial charge in [0.1, 0.15) is 0 Å². The maximum atomic E-state index is 12.7. The average Bonchev–Trinajstić information content (AvgIpc) is 2.37. The molecule has 7 heteroatoms. The fourth-order valence-electron chi connectivity index (χ4n) is 1.69. The first kappa shape index (κ1) is 16.5. The molecule has 1 amide bonds. The van der Waals surface area contributed by atoms with Crippen molar-refractivity contribution in [1.82, 2.24) is 5.32 Å². The summed E-state index contributed by atoms with van der Waals surface area (Å²) in [6.07, 6.45) is -3.60. The number of halogens is 3. The molecule has 0 spiro atoms. The Morgan fingerprint density at radius 3 is 2.55 bits per heavy atom. The second-order valence-corrected chi connectivity index (χ2v) is 4.38. The molecule has 0 aliphatic heterocycles. The standard InChI is InChI=1S/C13H18F3N3O/c1-18-4-2-3-12(20)19-11-6-9(8-17)5-10(7-11)13(14,15)16/h5-7,18H,2-4,8,17H2,1H3,(H,19,20). The SMILES string of the molecule is CNCCCC(=O)Nc1cc(CN)cc(C(F)(F)F)c1. The first-order valence-corrected chi connectivity index (χ1v) is 6.22. The molecule has 0 heterocycles. The molecule has 20 heavy (non-hydrogen) atoms. The molecule has 0 aliphatic carbocycles. The van der Waals surface area contributed by atoms with E-state index in [9.17, 15) is 18.0 Å². The molecule has 112 valence electrons. The maximum Gasteiger partial charge on any atom is 0.416 e. The topological polar surface area (TPSA) is 67.2 Å². The number of hydrogen-bond donors (Lipinski definition) is 3. The van der Waals surface area contributed by atoms with Crippen molar-refractivity contribution in [2.75, 3.05) is 18.9 Å². The third kappa shape index (κ3) is 5.18. The van der Waals surface area contributed by atoms with Crippen LogP contribution in [0.5, 0.6) is 0 Å². The van der Waals surface area contributed by atoms with Gasteiger partial charge < -0.3 is 16.4 Å². The Morgan fingerprint density at radius 1 is 1.30 bits per heavy atom. The van der Waals surface area contributed by atoms with Crippen LogP contribution in [0.1, 0.15) is 24.0 Å². The average molecular weight is 289 g/mol. The van der Waals surface area contributed by atoms with Crippen LogP contribution in [-0.2, 0) is 17.5 Å². The molecule has 0 aliphatic rings. The summed E-state index contributed by atoms with van der Waals surface area (Å²) in [5.74, 6) is -0.317. The molecule has 0 saturated carbocycles. The number of rotatable bonds is 6. The van der Waals surface area contributed by atoms with E-state index in [1.807, 2.05) is 0 Å². The van der Waals surface area contributed by atoms with Crippen molar-refractivity contribution in [2.24, 2.45) is 5.73 Å². The van der Waals surface area contributed by atoms with E-state index < -0.39 is 11.7 Å². The quantitative estimate of drug-likeness (QED) is 0.703. The van der Waals surface area contributed by atoms with E-state index in [4.69, 9.17) is 5.73 Å². The summed E-state index contributed by atoms with van der Waals surface area (Å²) in [6.45, 7) is 0.649. The highest BCUT2D eigenvalue weighted by Gasteiger charge is 2.31. The molecule has 0 bridgehead atoms. The van der Waals surface area contributed by atoms with Gasteiger partial charge in [0.15, 0.2) is 0 Å². The van der Waals surface area contributed by atoms with Crippen molar-refractivity contribution in [1.29, 1.82) is 0 Å². The molecule has 1 aromatic carbocycles. The number of amides is 1. The van der Waals surface area contributed by atoms with Gasteiger partial charge in [-0.05, 0) is 43.8 Å². The van der Waals surface area contributed by atoms with Crippen molar-refractivity contribution < 1.29 is 18.0 Å². The minimum atomic E-state index is -4.46. The second kappa shape index (κ2) is 7.25. The highest BCUT2D eigenvalue weighted by molar-refractivity contribution is 5.90. The fourth-order valence-corrected chi connectivity index (χ4v) is 1.69. The van der Waals surface area contributed by atoms with Gasteiger partial charge in [-0.3, -0.25) is 4.79 Å². The normalized spacial score (nSPS) is 11.4. The third-order valence-corrected chi connectivity index (χ3v) is 2.67. The van der Waals surface area contributed by atoms with Gasteiger partial charge in [-0.15, -0.1) is 0 Å². The summed E-state index contributed by atoms with van der Waals surface area (Å²) in [7, 11) is 1.76. The van der Waals surface area contributed by atoms with Crippen LogP contribution in [0, 0.1) is 0 Å². The monoisotopic (exact) mass is 289 g/mol. The van der Waals surface area contributed by atoms with Gasteiger partial charge in [0, 0.05) is 18.7 Å². The van der Waals surface area contributed by atoms with Crippen LogP contribution in [0.15, 0.2) is 18.2 Å². The Kier molecular flexibility index (Phi) is 5.97. The zero-order chi connectivity index (χ0) is 15.2. The largest absolute Gasteiger partial charge is 0.416 e. The lowest BCUT2D eigenvalue weighted by molar-refractivity contribution is -0.137. The molecule has 1 rings (SSSR count). The van der Waals surface area contributed by atoms with Crippen LogP contribution >= 0.6 is 0 Å². The molecule has 0 radical (unpaired) electrons. The van der Waals surface area contributed by atoms with Crippen LogP contribution in [0.3, 0.4) is 0 Å². The molecule has 0 aromatic heterocycles. The molecular formula is C13H18F3N3O. The van der Waals surface area contributed by atoms with Crippen LogP contribution in [0.25, 0.3) is 0 Å². The number of alkyl halides is 3. The molecule has 0 saturated heterocycles. The van der Waals surface area contributed by atoms with E-state index in [2.05, 4.69) is 10.6 Å². The maximum absolute atomic E-state index is 12.7. The van der Waals surface area contributed by atoms with Crippen LogP contribution < -0.4 is 16.4 Å². The Labute approximate surface area is 115 Å².